The van der Waals surface area contributed by atoms with Gasteiger partial charge in [-0.1, -0.05) is 0 Å². The number of carbonyl (C=O) groups excluding carboxylic acids is 1. The highest BCUT2D eigenvalue weighted by Gasteiger charge is 2.11. The Labute approximate surface area is 85.8 Å². The molecule has 0 spiro atoms. The van der Waals surface area contributed by atoms with Gasteiger partial charge < -0.3 is 14.9 Å². The van der Waals surface area contributed by atoms with Crippen LogP contribution in [0.15, 0.2) is 12.3 Å². The topological polar surface area (TPSA) is 87.3 Å². The minimum atomic E-state index is -0.582. The van der Waals surface area contributed by atoms with Crippen molar-refractivity contribution < 1.29 is 14.5 Å². The summed E-state index contributed by atoms with van der Waals surface area (Å²) in [4.78, 5) is 20.7. The number of aromatic nitrogens is 2. The summed E-state index contributed by atoms with van der Waals surface area (Å²) in [6, 6.07) is 1.28. The first-order valence-electron chi connectivity index (χ1n) is 4.47. The molecule has 0 saturated heterocycles. The van der Waals surface area contributed by atoms with Gasteiger partial charge in [-0.05, 0) is 11.8 Å². The number of carbonyl (C=O) groups is 1. The zero-order chi connectivity index (χ0) is 11.3. The molecule has 1 aromatic heterocycles. The third kappa shape index (κ3) is 3.37. The molecule has 0 bridgehead atoms. The summed E-state index contributed by atoms with van der Waals surface area (Å²) in [6.45, 7) is 2.33. The molecule has 82 valence electrons. The zero-order valence-electron chi connectivity index (χ0n) is 8.25. The van der Waals surface area contributed by atoms with Gasteiger partial charge in [0.05, 0.1) is 36.9 Å². The van der Waals surface area contributed by atoms with Crippen LogP contribution in [-0.2, 0) is 16.1 Å². The zero-order valence-corrected chi connectivity index (χ0v) is 8.25. The molecular weight excluding hydrogens is 202 g/mol. The maximum absolute atomic E-state index is 11.0. The van der Waals surface area contributed by atoms with E-state index in [9.17, 15) is 14.9 Å². The van der Waals surface area contributed by atoms with Crippen LogP contribution in [0.2, 0.25) is 0 Å². The summed E-state index contributed by atoms with van der Waals surface area (Å²) >= 11 is 0. The van der Waals surface area contributed by atoms with Gasteiger partial charge in [0.1, 0.15) is 0 Å². The Hall–Kier alpha value is -1.92. The van der Waals surface area contributed by atoms with E-state index in [1.54, 1.807) is 6.92 Å². The Morgan fingerprint density at radius 2 is 2.47 bits per heavy atom. The van der Waals surface area contributed by atoms with Gasteiger partial charge in [-0.15, -0.1) is 0 Å². The van der Waals surface area contributed by atoms with Crippen molar-refractivity contribution >= 4 is 11.8 Å². The molecular formula is C8H11N3O4. The van der Waals surface area contributed by atoms with Gasteiger partial charge in [-0.3, -0.25) is 4.79 Å². The highest BCUT2D eigenvalue weighted by Crippen LogP contribution is 2.05. The first kappa shape index (κ1) is 11.2. The number of ether oxygens (including phenoxy) is 1. The lowest BCUT2D eigenvalue weighted by Crippen LogP contribution is -2.09. The van der Waals surface area contributed by atoms with E-state index in [4.69, 9.17) is 4.74 Å². The van der Waals surface area contributed by atoms with E-state index >= 15 is 0 Å². The average Bonchev–Trinajstić information content (AvgIpc) is 2.63. The quantitative estimate of drug-likeness (QED) is 0.409. The van der Waals surface area contributed by atoms with Crippen molar-refractivity contribution in [1.82, 2.24) is 9.78 Å². The van der Waals surface area contributed by atoms with Crippen molar-refractivity contribution in [3.05, 3.63) is 22.4 Å². The molecule has 15 heavy (non-hydrogen) atoms. The Morgan fingerprint density at radius 3 is 3.00 bits per heavy atom. The summed E-state index contributed by atoms with van der Waals surface area (Å²) in [7, 11) is 0. The van der Waals surface area contributed by atoms with Crippen LogP contribution in [-0.4, -0.2) is 27.3 Å². The molecule has 7 nitrogen and oxygen atoms in total. The minimum Gasteiger partial charge on any atom is -0.466 e. The predicted molar refractivity (Wildman–Crippen MR) is 50.1 cm³/mol. The monoisotopic (exact) mass is 213 g/mol. The summed E-state index contributed by atoms with van der Waals surface area (Å²) in [5.41, 5.74) is 0. The Kier molecular flexibility index (Phi) is 3.78. The Bertz CT molecular complexity index is 361. The van der Waals surface area contributed by atoms with Crippen LogP contribution in [0, 0.1) is 10.1 Å². The lowest BCUT2D eigenvalue weighted by Gasteiger charge is -1.99. The van der Waals surface area contributed by atoms with Gasteiger partial charge in [0.2, 0.25) is 0 Å². The molecule has 0 aliphatic heterocycles. The maximum atomic E-state index is 11.0. The second kappa shape index (κ2) is 5.08. The lowest BCUT2D eigenvalue weighted by molar-refractivity contribution is -0.389. The first-order valence-corrected chi connectivity index (χ1v) is 4.47. The standard InChI is InChI=1S/C8H11N3O4/c1-2-15-8(12)4-6-10-5-3-7(9-10)11(13)14/h3,5H,2,4,6H2,1H3. The van der Waals surface area contributed by atoms with Crippen LogP contribution < -0.4 is 0 Å². The van der Waals surface area contributed by atoms with Crippen molar-refractivity contribution in [2.24, 2.45) is 0 Å². The smallest absolute Gasteiger partial charge is 0.389 e. The molecule has 0 aliphatic rings. The van der Waals surface area contributed by atoms with Gasteiger partial charge in [0, 0.05) is 0 Å². The molecule has 0 unspecified atom stereocenters. The summed E-state index contributed by atoms with van der Waals surface area (Å²) in [6.07, 6.45) is 1.62. The lowest BCUT2D eigenvalue weighted by atomic mass is 10.4. The Balaban J connectivity index is 2.44. The van der Waals surface area contributed by atoms with Crippen molar-refractivity contribution in [3.63, 3.8) is 0 Å². The van der Waals surface area contributed by atoms with E-state index < -0.39 is 4.92 Å². The molecule has 0 N–H and O–H groups in total. The number of nitrogens with zero attached hydrogens (tertiary/aromatic N) is 3. The molecule has 7 heteroatoms. The summed E-state index contributed by atoms with van der Waals surface area (Å²) in [5, 5.41) is 13.9. The SMILES string of the molecule is CCOC(=O)CCn1ccc([N+](=O)[O-])n1. The molecule has 0 radical (unpaired) electrons. The van der Waals surface area contributed by atoms with Crippen LogP contribution in [0.3, 0.4) is 0 Å². The van der Waals surface area contributed by atoms with Crippen molar-refractivity contribution in [1.29, 1.82) is 0 Å². The van der Waals surface area contributed by atoms with Gasteiger partial charge in [-0.2, -0.15) is 4.68 Å². The van der Waals surface area contributed by atoms with E-state index in [2.05, 4.69) is 5.10 Å². The van der Waals surface area contributed by atoms with Gasteiger partial charge >= 0.3 is 11.8 Å². The molecule has 0 aromatic carbocycles. The van der Waals surface area contributed by atoms with Crippen LogP contribution >= 0.6 is 0 Å². The highest BCUT2D eigenvalue weighted by atomic mass is 16.6. The number of rotatable bonds is 5. The molecule has 0 saturated carbocycles. The molecule has 1 rings (SSSR count). The number of hydrogen-bond donors (Lipinski definition) is 0. The number of hydrogen-bond acceptors (Lipinski definition) is 5. The summed E-state index contributed by atoms with van der Waals surface area (Å²) in [5.74, 6) is -0.561. The molecule has 1 aromatic rings. The predicted octanol–water partition coefficient (Wildman–Crippen LogP) is 0.744. The fraction of sp³-hybridized carbons (Fsp3) is 0.500. The Morgan fingerprint density at radius 1 is 1.73 bits per heavy atom. The highest BCUT2D eigenvalue weighted by molar-refractivity contribution is 5.69. The van der Waals surface area contributed by atoms with E-state index in [-0.39, 0.29) is 24.8 Å². The van der Waals surface area contributed by atoms with Crippen LogP contribution in [0.25, 0.3) is 0 Å². The fourth-order valence-corrected chi connectivity index (χ4v) is 1.01. The number of nitro groups is 1. The molecule has 0 atom stereocenters. The number of aryl methyl sites for hydroxylation is 1. The van der Waals surface area contributed by atoms with Crippen molar-refractivity contribution in [2.45, 2.75) is 19.9 Å². The van der Waals surface area contributed by atoms with Crippen LogP contribution in [0.4, 0.5) is 5.82 Å². The molecule has 1 heterocycles. The molecule has 0 fully saturated rings. The van der Waals surface area contributed by atoms with Crippen LogP contribution in [0.1, 0.15) is 13.3 Å². The van der Waals surface area contributed by atoms with E-state index in [0.29, 0.717) is 6.61 Å². The maximum Gasteiger partial charge on any atom is 0.389 e. The van der Waals surface area contributed by atoms with Crippen molar-refractivity contribution in [2.75, 3.05) is 6.61 Å². The van der Waals surface area contributed by atoms with Gasteiger partial charge in [0.25, 0.3) is 0 Å². The van der Waals surface area contributed by atoms with E-state index in [1.165, 1.54) is 16.9 Å². The second-order valence-corrected chi connectivity index (χ2v) is 2.75. The normalized spacial score (nSPS) is 9.93. The minimum absolute atomic E-state index is 0.159. The third-order valence-electron chi connectivity index (χ3n) is 1.66. The largest absolute Gasteiger partial charge is 0.466 e. The average molecular weight is 213 g/mol. The fourth-order valence-electron chi connectivity index (χ4n) is 1.01. The first-order chi connectivity index (χ1) is 7.13. The molecule has 0 amide bonds. The van der Waals surface area contributed by atoms with E-state index in [1.807, 2.05) is 0 Å². The van der Waals surface area contributed by atoms with Gasteiger partial charge in [-0.25, -0.2) is 0 Å². The van der Waals surface area contributed by atoms with Gasteiger partial charge in [0.15, 0.2) is 0 Å². The number of esters is 1. The summed E-state index contributed by atoms with van der Waals surface area (Å²) < 4.78 is 6.05. The molecule has 0 aliphatic carbocycles. The second-order valence-electron chi connectivity index (χ2n) is 2.75. The van der Waals surface area contributed by atoms with Crippen LogP contribution in [0.5, 0.6) is 0 Å². The van der Waals surface area contributed by atoms with E-state index in [0.717, 1.165) is 0 Å². The third-order valence-corrected chi connectivity index (χ3v) is 1.66. The van der Waals surface area contributed by atoms with Crippen molar-refractivity contribution in [3.8, 4) is 0 Å².